The van der Waals surface area contributed by atoms with Gasteiger partial charge >= 0.3 is 0 Å². The topological polar surface area (TPSA) is 68.1 Å². The SMILES string of the molecule is CCCCC1CC(c2cccc(N([O-])O)c2)=NO1. The molecule has 0 radical (unpaired) electrons. The number of anilines is 1. The summed E-state index contributed by atoms with van der Waals surface area (Å²) in [6.45, 7) is 2.14. The third kappa shape index (κ3) is 3.00. The Kier molecular flexibility index (Phi) is 4.17. The average Bonchev–Trinajstić information content (AvgIpc) is 2.85. The monoisotopic (exact) mass is 249 g/mol. The minimum atomic E-state index is -0.144. The highest BCUT2D eigenvalue weighted by Gasteiger charge is 2.21. The minimum Gasteiger partial charge on any atom is -0.733 e. The number of rotatable bonds is 5. The molecule has 0 spiro atoms. The van der Waals surface area contributed by atoms with Gasteiger partial charge in [-0.1, -0.05) is 30.6 Å². The third-order valence-corrected chi connectivity index (χ3v) is 3.01. The van der Waals surface area contributed by atoms with Gasteiger partial charge in [0.1, 0.15) is 6.10 Å². The van der Waals surface area contributed by atoms with Crippen LogP contribution in [0.15, 0.2) is 29.4 Å². The molecule has 1 N–H and O–H groups in total. The number of nitrogens with zero attached hydrogens (tertiary/aromatic N) is 2. The molecule has 0 aliphatic carbocycles. The molecular formula is C13H17N2O3-. The smallest absolute Gasteiger partial charge is 0.133 e. The molecule has 1 heterocycles. The summed E-state index contributed by atoms with van der Waals surface area (Å²) in [6.07, 6.45) is 4.16. The van der Waals surface area contributed by atoms with Crippen LogP contribution >= 0.6 is 0 Å². The molecule has 1 aliphatic rings. The Balaban J connectivity index is 2.03. The van der Waals surface area contributed by atoms with E-state index in [4.69, 9.17) is 10.0 Å². The summed E-state index contributed by atoms with van der Waals surface area (Å²) >= 11 is 0. The minimum absolute atomic E-state index is 0.140. The van der Waals surface area contributed by atoms with Gasteiger partial charge in [0.25, 0.3) is 0 Å². The maximum atomic E-state index is 10.8. The van der Waals surface area contributed by atoms with Crippen molar-refractivity contribution in [3.05, 3.63) is 35.0 Å². The first-order valence-corrected chi connectivity index (χ1v) is 6.20. The summed E-state index contributed by atoms with van der Waals surface area (Å²) in [5.74, 6) is 0. The summed E-state index contributed by atoms with van der Waals surface area (Å²) in [5, 5.41) is 23.6. The van der Waals surface area contributed by atoms with Crippen molar-refractivity contribution in [2.75, 3.05) is 5.23 Å². The highest BCUT2D eigenvalue weighted by molar-refractivity contribution is 6.01. The second-order valence-corrected chi connectivity index (χ2v) is 4.44. The zero-order valence-corrected chi connectivity index (χ0v) is 10.4. The molecule has 0 bridgehead atoms. The van der Waals surface area contributed by atoms with Crippen LogP contribution in [-0.4, -0.2) is 17.0 Å². The number of benzene rings is 1. The van der Waals surface area contributed by atoms with Crippen molar-refractivity contribution < 1.29 is 10.0 Å². The van der Waals surface area contributed by atoms with Crippen LogP contribution in [0.2, 0.25) is 0 Å². The Labute approximate surface area is 106 Å². The zero-order chi connectivity index (χ0) is 13.0. The fourth-order valence-electron chi connectivity index (χ4n) is 1.99. The Morgan fingerprint density at radius 2 is 2.39 bits per heavy atom. The lowest BCUT2D eigenvalue weighted by molar-refractivity contribution is 0.0774. The highest BCUT2D eigenvalue weighted by Crippen LogP contribution is 2.22. The van der Waals surface area contributed by atoms with E-state index in [1.54, 1.807) is 18.2 Å². The first kappa shape index (κ1) is 12.9. The van der Waals surface area contributed by atoms with Crippen molar-refractivity contribution in [1.29, 1.82) is 0 Å². The number of hydrogen-bond donors (Lipinski definition) is 1. The lowest BCUT2D eigenvalue weighted by Crippen LogP contribution is -2.10. The third-order valence-electron chi connectivity index (χ3n) is 3.01. The zero-order valence-electron chi connectivity index (χ0n) is 10.4. The van der Waals surface area contributed by atoms with Gasteiger partial charge in [0.15, 0.2) is 0 Å². The lowest BCUT2D eigenvalue weighted by Gasteiger charge is -2.21. The van der Waals surface area contributed by atoms with E-state index in [1.807, 2.05) is 6.07 Å². The van der Waals surface area contributed by atoms with Gasteiger partial charge in [-0.15, -0.1) is 0 Å². The second-order valence-electron chi connectivity index (χ2n) is 4.44. The van der Waals surface area contributed by atoms with E-state index in [2.05, 4.69) is 12.1 Å². The molecule has 5 nitrogen and oxygen atoms in total. The highest BCUT2D eigenvalue weighted by atomic mass is 16.8. The van der Waals surface area contributed by atoms with E-state index in [9.17, 15) is 5.21 Å². The molecule has 0 amide bonds. The van der Waals surface area contributed by atoms with E-state index in [0.717, 1.165) is 37.0 Å². The van der Waals surface area contributed by atoms with Gasteiger partial charge in [-0.05, 0) is 25.0 Å². The molecule has 1 aromatic rings. The largest absolute Gasteiger partial charge is 0.733 e. The van der Waals surface area contributed by atoms with Gasteiger partial charge in [0.2, 0.25) is 0 Å². The fourth-order valence-corrected chi connectivity index (χ4v) is 1.99. The van der Waals surface area contributed by atoms with Crippen molar-refractivity contribution in [2.45, 2.75) is 38.7 Å². The molecule has 1 aliphatic heterocycles. The molecule has 18 heavy (non-hydrogen) atoms. The lowest BCUT2D eigenvalue weighted by atomic mass is 10.0. The van der Waals surface area contributed by atoms with Gasteiger partial charge in [-0.2, -0.15) is 0 Å². The van der Waals surface area contributed by atoms with E-state index in [1.165, 1.54) is 0 Å². The van der Waals surface area contributed by atoms with Crippen LogP contribution < -0.4 is 5.23 Å². The van der Waals surface area contributed by atoms with Gasteiger partial charge < -0.3 is 15.3 Å². The molecule has 98 valence electrons. The van der Waals surface area contributed by atoms with Crippen LogP contribution in [0.5, 0.6) is 0 Å². The molecular weight excluding hydrogens is 232 g/mol. The standard InChI is InChI=1S/C13H17N2O3/c1-2-3-7-12-9-13(14-18-12)10-5-4-6-11(8-10)15(16)17/h4-6,8,12,16H,2-3,7,9H2,1H3/q-1. The van der Waals surface area contributed by atoms with Gasteiger partial charge in [-0.3, -0.25) is 5.21 Å². The van der Waals surface area contributed by atoms with Crippen LogP contribution in [0, 0.1) is 5.21 Å². The molecule has 1 unspecified atom stereocenters. The fraction of sp³-hybridized carbons (Fsp3) is 0.462. The molecule has 1 atom stereocenters. The van der Waals surface area contributed by atoms with Crippen molar-refractivity contribution >= 4 is 11.4 Å². The van der Waals surface area contributed by atoms with E-state index in [-0.39, 0.29) is 17.0 Å². The van der Waals surface area contributed by atoms with Crippen LogP contribution in [0.1, 0.15) is 38.2 Å². The molecule has 0 saturated carbocycles. The van der Waals surface area contributed by atoms with Gasteiger partial charge in [-0.25, -0.2) is 0 Å². The van der Waals surface area contributed by atoms with Gasteiger partial charge in [0.05, 0.1) is 11.4 Å². The quantitative estimate of drug-likeness (QED) is 0.814. The maximum absolute atomic E-state index is 10.8. The normalized spacial score (nSPS) is 18.4. The number of oxime groups is 1. The van der Waals surface area contributed by atoms with Crippen LogP contribution in [0.3, 0.4) is 0 Å². The van der Waals surface area contributed by atoms with Crippen molar-refractivity contribution in [3.63, 3.8) is 0 Å². The summed E-state index contributed by atoms with van der Waals surface area (Å²) in [5.41, 5.74) is 1.86. The van der Waals surface area contributed by atoms with E-state index >= 15 is 0 Å². The number of hydrogen-bond acceptors (Lipinski definition) is 5. The molecule has 0 fully saturated rings. The predicted molar refractivity (Wildman–Crippen MR) is 69.6 cm³/mol. The summed E-state index contributed by atoms with van der Waals surface area (Å²) < 4.78 is 0. The first-order chi connectivity index (χ1) is 8.70. The van der Waals surface area contributed by atoms with Gasteiger partial charge in [0, 0.05) is 12.0 Å². The van der Waals surface area contributed by atoms with E-state index < -0.39 is 0 Å². The summed E-state index contributed by atoms with van der Waals surface area (Å²) in [7, 11) is 0. The molecule has 0 aromatic heterocycles. The van der Waals surface area contributed by atoms with Crippen molar-refractivity contribution in [1.82, 2.24) is 0 Å². The molecule has 0 saturated heterocycles. The first-order valence-electron chi connectivity index (χ1n) is 6.20. The Morgan fingerprint density at radius 3 is 3.11 bits per heavy atom. The maximum Gasteiger partial charge on any atom is 0.133 e. The van der Waals surface area contributed by atoms with Crippen molar-refractivity contribution in [3.8, 4) is 0 Å². The average molecular weight is 249 g/mol. The summed E-state index contributed by atoms with van der Waals surface area (Å²) in [4.78, 5) is 5.36. The second kappa shape index (κ2) is 5.84. The van der Waals surface area contributed by atoms with Crippen LogP contribution in [0.25, 0.3) is 0 Å². The molecule has 1 aromatic carbocycles. The summed E-state index contributed by atoms with van der Waals surface area (Å²) in [6, 6.07) is 6.73. The molecule has 5 heteroatoms. The Morgan fingerprint density at radius 1 is 1.56 bits per heavy atom. The number of unbranched alkanes of at least 4 members (excludes halogenated alkanes) is 1. The Bertz CT molecular complexity index is 432. The van der Waals surface area contributed by atoms with Crippen LogP contribution in [0.4, 0.5) is 5.69 Å². The Hall–Kier alpha value is -1.59. The van der Waals surface area contributed by atoms with Crippen molar-refractivity contribution in [2.24, 2.45) is 5.16 Å². The predicted octanol–water partition coefficient (Wildman–Crippen LogP) is 3.06. The molecule has 2 rings (SSSR count). The van der Waals surface area contributed by atoms with E-state index in [0.29, 0.717) is 0 Å². The van der Waals surface area contributed by atoms with Crippen LogP contribution in [-0.2, 0) is 4.84 Å².